The third-order valence-corrected chi connectivity index (χ3v) is 3.03. The van der Waals surface area contributed by atoms with Crippen molar-refractivity contribution in [2.75, 3.05) is 5.32 Å². The molecule has 2 aromatic rings. The van der Waals surface area contributed by atoms with Gasteiger partial charge in [0.15, 0.2) is 6.10 Å². The quantitative estimate of drug-likeness (QED) is 0.934. The number of hydrogen-bond donors (Lipinski definition) is 1. The molecular formula is C14H12Cl2N2O2. The first-order chi connectivity index (χ1) is 9.56. The predicted octanol–water partition coefficient (Wildman–Crippen LogP) is 3.79. The number of benzene rings is 1. The maximum absolute atomic E-state index is 12.0. The van der Waals surface area contributed by atoms with Crippen LogP contribution in [0.25, 0.3) is 0 Å². The Morgan fingerprint density at radius 1 is 1.35 bits per heavy atom. The van der Waals surface area contributed by atoms with Crippen molar-refractivity contribution in [2.45, 2.75) is 13.0 Å². The van der Waals surface area contributed by atoms with Crippen molar-refractivity contribution in [1.29, 1.82) is 0 Å². The van der Waals surface area contributed by atoms with E-state index in [1.54, 1.807) is 49.6 Å². The number of ether oxygens (including phenoxy) is 1. The third-order valence-electron chi connectivity index (χ3n) is 2.50. The van der Waals surface area contributed by atoms with Crippen LogP contribution in [0.4, 0.5) is 5.69 Å². The first kappa shape index (κ1) is 14.6. The number of anilines is 1. The molecule has 0 spiro atoms. The molecule has 2 rings (SSSR count). The van der Waals surface area contributed by atoms with E-state index < -0.39 is 6.10 Å². The zero-order valence-electron chi connectivity index (χ0n) is 10.6. The van der Waals surface area contributed by atoms with Crippen molar-refractivity contribution in [3.8, 4) is 5.75 Å². The standard InChI is InChI=1S/C14H12Cl2N2O2/c1-9(14(19)18-11-3-2-6-17-8-11)20-13-5-4-10(15)7-12(13)16/h2-9H,1H3,(H,18,19)/t9-/m0/s1. The molecule has 1 heterocycles. The van der Waals surface area contributed by atoms with E-state index in [-0.39, 0.29) is 5.91 Å². The van der Waals surface area contributed by atoms with Gasteiger partial charge in [-0.25, -0.2) is 0 Å². The summed E-state index contributed by atoms with van der Waals surface area (Å²) in [4.78, 5) is 15.9. The van der Waals surface area contributed by atoms with Crippen LogP contribution < -0.4 is 10.1 Å². The fourth-order valence-electron chi connectivity index (χ4n) is 1.50. The van der Waals surface area contributed by atoms with Crippen LogP contribution in [-0.4, -0.2) is 17.0 Å². The van der Waals surface area contributed by atoms with Crippen molar-refractivity contribution in [3.63, 3.8) is 0 Å². The van der Waals surface area contributed by atoms with Crippen molar-refractivity contribution in [3.05, 3.63) is 52.8 Å². The van der Waals surface area contributed by atoms with Crippen molar-refractivity contribution >= 4 is 34.8 Å². The van der Waals surface area contributed by atoms with E-state index in [1.807, 2.05) is 0 Å². The molecule has 4 nitrogen and oxygen atoms in total. The first-order valence-corrected chi connectivity index (χ1v) is 6.64. The molecular weight excluding hydrogens is 299 g/mol. The highest BCUT2D eigenvalue weighted by molar-refractivity contribution is 6.35. The molecule has 20 heavy (non-hydrogen) atoms. The van der Waals surface area contributed by atoms with Gasteiger partial charge < -0.3 is 10.1 Å². The third kappa shape index (κ3) is 3.85. The van der Waals surface area contributed by atoms with Crippen LogP contribution in [0.1, 0.15) is 6.92 Å². The molecule has 0 fully saturated rings. The first-order valence-electron chi connectivity index (χ1n) is 5.89. The minimum atomic E-state index is -0.700. The molecule has 0 unspecified atom stereocenters. The summed E-state index contributed by atoms with van der Waals surface area (Å²) in [5, 5.41) is 3.57. The molecule has 1 aromatic carbocycles. The topological polar surface area (TPSA) is 51.2 Å². The van der Waals surface area contributed by atoms with E-state index in [4.69, 9.17) is 27.9 Å². The molecule has 104 valence electrons. The Hall–Kier alpha value is -1.78. The molecule has 1 atom stereocenters. The average Bonchev–Trinajstić information content (AvgIpc) is 2.43. The van der Waals surface area contributed by atoms with E-state index in [0.29, 0.717) is 21.5 Å². The van der Waals surface area contributed by atoms with Gasteiger partial charge in [-0.1, -0.05) is 23.2 Å². The second-order valence-corrected chi connectivity index (χ2v) is 4.91. The van der Waals surface area contributed by atoms with Crippen LogP contribution in [0.15, 0.2) is 42.7 Å². The molecule has 0 aliphatic rings. The SMILES string of the molecule is C[C@H](Oc1ccc(Cl)cc1Cl)C(=O)Nc1cccnc1. The summed E-state index contributed by atoms with van der Waals surface area (Å²) >= 11 is 11.8. The Balaban J connectivity index is 2.00. The second kappa shape index (κ2) is 6.59. The van der Waals surface area contributed by atoms with Crippen LogP contribution in [0.2, 0.25) is 10.0 Å². The van der Waals surface area contributed by atoms with Crippen LogP contribution in [-0.2, 0) is 4.79 Å². The molecule has 0 aliphatic carbocycles. The van der Waals surface area contributed by atoms with Crippen molar-refractivity contribution in [1.82, 2.24) is 4.98 Å². The molecule has 0 saturated carbocycles. The normalized spacial score (nSPS) is 11.8. The van der Waals surface area contributed by atoms with Crippen LogP contribution in [0, 0.1) is 0 Å². The molecule has 0 bridgehead atoms. The van der Waals surface area contributed by atoms with Gasteiger partial charge in [-0.05, 0) is 37.3 Å². The van der Waals surface area contributed by atoms with Crippen molar-refractivity contribution < 1.29 is 9.53 Å². The minimum absolute atomic E-state index is 0.288. The lowest BCUT2D eigenvalue weighted by molar-refractivity contribution is -0.122. The summed E-state index contributed by atoms with van der Waals surface area (Å²) in [5.41, 5.74) is 0.607. The summed E-state index contributed by atoms with van der Waals surface area (Å²) in [6, 6.07) is 8.31. The van der Waals surface area contributed by atoms with Crippen LogP contribution in [0.5, 0.6) is 5.75 Å². The van der Waals surface area contributed by atoms with E-state index in [9.17, 15) is 4.79 Å². The van der Waals surface area contributed by atoms with Gasteiger partial charge in [0, 0.05) is 11.2 Å². The van der Waals surface area contributed by atoms with Crippen LogP contribution >= 0.6 is 23.2 Å². The van der Waals surface area contributed by atoms with E-state index in [2.05, 4.69) is 10.3 Å². The average molecular weight is 311 g/mol. The highest BCUT2D eigenvalue weighted by Gasteiger charge is 2.16. The number of rotatable bonds is 4. The minimum Gasteiger partial charge on any atom is -0.479 e. The smallest absolute Gasteiger partial charge is 0.265 e. The number of aromatic nitrogens is 1. The highest BCUT2D eigenvalue weighted by Crippen LogP contribution is 2.28. The number of hydrogen-bond acceptors (Lipinski definition) is 3. The molecule has 0 aliphatic heterocycles. The van der Waals surface area contributed by atoms with Gasteiger partial charge in [0.05, 0.1) is 16.9 Å². The molecule has 0 saturated heterocycles. The number of pyridine rings is 1. The zero-order valence-corrected chi connectivity index (χ0v) is 12.2. The zero-order chi connectivity index (χ0) is 14.5. The van der Waals surface area contributed by atoms with E-state index >= 15 is 0 Å². The number of halogens is 2. The molecule has 1 aromatic heterocycles. The lowest BCUT2D eigenvalue weighted by atomic mass is 10.3. The maximum atomic E-state index is 12.0. The Morgan fingerprint density at radius 2 is 2.15 bits per heavy atom. The predicted molar refractivity (Wildman–Crippen MR) is 79.4 cm³/mol. The van der Waals surface area contributed by atoms with Gasteiger partial charge in [0.25, 0.3) is 5.91 Å². The largest absolute Gasteiger partial charge is 0.479 e. The number of nitrogens with zero attached hydrogens (tertiary/aromatic N) is 1. The molecule has 0 radical (unpaired) electrons. The number of carbonyl (C=O) groups is 1. The Labute approximate surface area is 126 Å². The highest BCUT2D eigenvalue weighted by atomic mass is 35.5. The second-order valence-electron chi connectivity index (χ2n) is 4.07. The summed E-state index contributed by atoms with van der Waals surface area (Å²) in [7, 11) is 0. The number of amides is 1. The van der Waals surface area contributed by atoms with Gasteiger partial charge in [-0.3, -0.25) is 9.78 Å². The van der Waals surface area contributed by atoms with Gasteiger partial charge in [-0.2, -0.15) is 0 Å². The molecule has 1 amide bonds. The van der Waals surface area contributed by atoms with Gasteiger partial charge in [-0.15, -0.1) is 0 Å². The van der Waals surface area contributed by atoms with Crippen molar-refractivity contribution in [2.24, 2.45) is 0 Å². The fourth-order valence-corrected chi connectivity index (χ4v) is 1.95. The van der Waals surface area contributed by atoms with Gasteiger partial charge >= 0.3 is 0 Å². The summed E-state index contributed by atoms with van der Waals surface area (Å²) in [5.74, 6) is 0.119. The number of nitrogens with one attached hydrogen (secondary N) is 1. The molecule has 1 N–H and O–H groups in total. The van der Waals surface area contributed by atoms with E-state index in [0.717, 1.165) is 0 Å². The van der Waals surface area contributed by atoms with E-state index in [1.165, 1.54) is 0 Å². The van der Waals surface area contributed by atoms with Crippen LogP contribution in [0.3, 0.4) is 0 Å². The Kier molecular flexibility index (Phi) is 4.82. The lowest BCUT2D eigenvalue weighted by Gasteiger charge is -2.15. The Morgan fingerprint density at radius 3 is 2.80 bits per heavy atom. The summed E-state index contributed by atoms with van der Waals surface area (Å²) in [6.45, 7) is 1.64. The summed E-state index contributed by atoms with van der Waals surface area (Å²) < 4.78 is 5.51. The van der Waals surface area contributed by atoms with Gasteiger partial charge in [0.2, 0.25) is 0 Å². The lowest BCUT2D eigenvalue weighted by Crippen LogP contribution is -2.30. The maximum Gasteiger partial charge on any atom is 0.265 e. The molecule has 6 heteroatoms. The summed E-state index contributed by atoms with van der Waals surface area (Å²) in [6.07, 6.45) is 2.48. The monoisotopic (exact) mass is 310 g/mol. The number of carbonyl (C=O) groups excluding carboxylic acids is 1. The van der Waals surface area contributed by atoms with Gasteiger partial charge in [0.1, 0.15) is 5.75 Å². The Bertz CT molecular complexity index is 605. The fraction of sp³-hybridized carbons (Fsp3) is 0.143.